The molecule has 0 spiro atoms. The van der Waals surface area contributed by atoms with Gasteiger partial charge in [0.15, 0.2) is 0 Å². The average molecular weight is 242 g/mol. The second-order valence-corrected chi connectivity index (χ2v) is 2.91. The highest BCUT2D eigenvalue weighted by atomic mass is 19.4. The predicted molar refractivity (Wildman–Crippen MR) is 44.5 cm³/mol. The lowest BCUT2D eigenvalue weighted by molar-refractivity contribution is -0.140. The zero-order valence-corrected chi connectivity index (χ0v) is 7.72. The van der Waals surface area contributed by atoms with Crippen LogP contribution in [0.4, 0.5) is 27.6 Å². The zero-order chi connectivity index (χ0) is 12.5. The average Bonchev–Trinajstić information content (AvgIpc) is 2.15. The van der Waals surface area contributed by atoms with E-state index < -0.39 is 41.7 Å². The summed E-state index contributed by atoms with van der Waals surface area (Å²) in [5.41, 5.74) is 0.401. The fourth-order valence-electron chi connectivity index (χ4n) is 1.25. The van der Waals surface area contributed by atoms with E-state index in [1.54, 1.807) is 0 Å². The molecule has 16 heavy (non-hydrogen) atoms. The monoisotopic (exact) mass is 242 g/mol. The Morgan fingerprint density at radius 3 is 2.31 bits per heavy atom. The second-order valence-electron chi connectivity index (χ2n) is 2.91. The van der Waals surface area contributed by atoms with Gasteiger partial charge in [-0.1, -0.05) is 0 Å². The van der Waals surface area contributed by atoms with E-state index in [9.17, 15) is 22.0 Å². The van der Waals surface area contributed by atoms with Gasteiger partial charge in [0.05, 0.1) is 35.3 Å². The third-order valence-corrected chi connectivity index (χ3v) is 1.88. The molecule has 0 saturated carbocycles. The summed E-state index contributed by atoms with van der Waals surface area (Å²) in [6, 6.07) is 0. The molecule has 1 heterocycles. The van der Waals surface area contributed by atoms with Crippen LogP contribution in [0.2, 0.25) is 0 Å². The maximum absolute atomic E-state index is 12.5. The van der Waals surface area contributed by atoms with E-state index in [2.05, 4.69) is 4.98 Å². The lowest BCUT2D eigenvalue weighted by Gasteiger charge is -2.16. The van der Waals surface area contributed by atoms with Crippen LogP contribution >= 0.6 is 0 Å². The van der Waals surface area contributed by atoms with Gasteiger partial charge in [-0.25, -0.2) is 8.78 Å². The zero-order valence-electron chi connectivity index (χ0n) is 7.72. The molecular weight excluding hydrogens is 235 g/mol. The van der Waals surface area contributed by atoms with Crippen molar-refractivity contribution in [2.45, 2.75) is 19.2 Å². The molecule has 1 aromatic rings. The number of anilines is 1. The Labute approximate surface area is 86.7 Å². The lowest BCUT2D eigenvalue weighted by Crippen LogP contribution is -2.16. The van der Waals surface area contributed by atoms with Crippen LogP contribution in [0.25, 0.3) is 0 Å². The van der Waals surface area contributed by atoms with Crippen molar-refractivity contribution in [3.05, 3.63) is 23.0 Å². The molecule has 1 aromatic heterocycles. The summed E-state index contributed by atoms with van der Waals surface area (Å²) in [6.45, 7) is -1.09. The molecule has 0 aliphatic carbocycles. The number of alkyl halides is 5. The van der Waals surface area contributed by atoms with Gasteiger partial charge in [-0.3, -0.25) is 4.98 Å². The number of aliphatic hydroxyl groups is 1. The minimum Gasteiger partial charge on any atom is -0.397 e. The summed E-state index contributed by atoms with van der Waals surface area (Å²) in [7, 11) is 0. The van der Waals surface area contributed by atoms with E-state index in [1.807, 2.05) is 0 Å². The topological polar surface area (TPSA) is 59.1 Å². The first kappa shape index (κ1) is 12.6. The first-order chi connectivity index (χ1) is 7.29. The largest absolute Gasteiger partial charge is 0.418 e. The smallest absolute Gasteiger partial charge is 0.397 e. The van der Waals surface area contributed by atoms with E-state index in [-0.39, 0.29) is 0 Å². The van der Waals surface area contributed by atoms with Crippen LogP contribution in [-0.2, 0) is 12.8 Å². The van der Waals surface area contributed by atoms with Gasteiger partial charge in [-0.05, 0) is 0 Å². The molecule has 0 aliphatic heterocycles. The quantitative estimate of drug-likeness (QED) is 0.781. The first-order valence-corrected chi connectivity index (χ1v) is 4.02. The first-order valence-electron chi connectivity index (χ1n) is 4.02. The molecule has 0 fully saturated rings. The maximum Gasteiger partial charge on any atom is 0.418 e. The van der Waals surface area contributed by atoms with Crippen molar-refractivity contribution in [2.75, 3.05) is 5.73 Å². The Morgan fingerprint density at radius 1 is 1.38 bits per heavy atom. The molecule has 0 amide bonds. The summed E-state index contributed by atoms with van der Waals surface area (Å²) >= 11 is 0. The van der Waals surface area contributed by atoms with Crippen LogP contribution in [-0.4, -0.2) is 10.1 Å². The van der Waals surface area contributed by atoms with Crippen molar-refractivity contribution in [3.63, 3.8) is 0 Å². The van der Waals surface area contributed by atoms with Crippen LogP contribution in [0.5, 0.6) is 0 Å². The highest BCUT2D eigenvalue weighted by Gasteiger charge is 2.40. The maximum atomic E-state index is 12.5. The van der Waals surface area contributed by atoms with Crippen LogP contribution < -0.4 is 5.73 Å². The highest BCUT2D eigenvalue weighted by Crippen LogP contribution is 2.40. The number of hydrogen-bond donors (Lipinski definition) is 2. The summed E-state index contributed by atoms with van der Waals surface area (Å²) < 4.78 is 62.4. The Bertz CT molecular complexity index is 391. The summed E-state index contributed by atoms with van der Waals surface area (Å²) in [5.74, 6) is 0. The van der Waals surface area contributed by atoms with Crippen LogP contribution in [0, 0.1) is 0 Å². The van der Waals surface area contributed by atoms with E-state index >= 15 is 0 Å². The van der Waals surface area contributed by atoms with E-state index in [4.69, 9.17) is 10.8 Å². The van der Waals surface area contributed by atoms with Gasteiger partial charge < -0.3 is 10.8 Å². The molecule has 3 N–H and O–H groups in total. The van der Waals surface area contributed by atoms with Gasteiger partial charge in [0.25, 0.3) is 6.43 Å². The highest BCUT2D eigenvalue weighted by molar-refractivity contribution is 5.52. The van der Waals surface area contributed by atoms with Crippen LogP contribution in [0.1, 0.15) is 23.2 Å². The SMILES string of the molecule is Nc1cnc(CO)c(C(F)(F)F)c1C(F)F. The molecule has 0 saturated heterocycles. The third kappa shape index (κ3) is 2.21. The number of nitrogen functional groups attached to an aromatic ring is 1. The van der Waals surface area contributed by atoms with Crippen molar-refractivity contribution >= 4 is 5.69 Å². The number of rotatable bonds is 2. The van der Waals surface area contributed by atoms with Crippen molar-refractivity contribution in [1.29, 1.82) is 0 Å². The van der Waals surface area contributed by atoms with Crippen LogP contribution in [0.15, 0.2) is 6.20 Å². The normalized spacial score (nSPS) is 12.2. The fraction of sp³-hybridized carbons (Fsp3) is 0.375. The summed E-state index contributed by atoms with van der Waals surface area (Å²) in [4.78, 5) is 3.18. The third-order valence-electron chi connectivity index (χ3n) is 1.88. The number of aromatic nitrogens is 1. The van der Waals surface area contributed by atoms with Gasteiger partial charge in [-0.15, -0.1) is 0 Å². The molecule has 0 unspecified atom stereocenters. The Kier molecular flexibility index (Phi) is 3.32. The fourth-order valence-corrected chi connectivity index (χ4v) is 1.25. The van der Waals surface area contributed by atoms with Gasteiger partial charge in [0.2, 0.25) is 0 Å². The van der Waals surface area contributed by atoms with Crippen LogP contribution in [0.3, 0.4) is 0 Å². The summed E-state index contributed by atoms with van der Waals surface area (Å²) in [5, 5.41) is 8.63. The Balaban J connectivity index is 3.56. The number of hydrogen-bond acceptors (Lipinski definition) is 3. The van der Waals surface area contributed by atoms with Crippen molar-refractivity contribution in [2.24, 2.45) is 0 Å². The standard InChI is InChI=1S/C8H7F5N2O/c9-7(10)5-3(14)1-15-4(2-16)6(5)8(11,12)13/h1,7,16H,2,14H2. The van der Waals surface area contributed by atoms with Gasteiger partial charge in [-0.2, -0.15) is 13.2 Å². The molecule has 0 radical (unpaired) electrons. The van der Waals surface area contributed by atoms with E-state index in [0.717, 1.165) is 0 Å². The number of nitrogens with zero attached hydrogens (tertiary/aromatic N) is 1. The van der Waals surface area contributed by atoms with Gasteiger partial charge >= 0.3 is 6.18 Å². The molecule has 0 bridgehead atoms. The minimum absolute atomic E-state index is 0.669. The molecule has 1 rings (SSSR count). The Morgan fingerprint density at radius 2 is 1.94 bits per heavy atom. The van der Waals surface area contributed by atoms with Crippen molar-refractivity contribution < 1.29 is 27.1 Å². The number of pyridine rings is 1. The number of aliphatic hydroxyl groups excluding tert-OH is 1. The van der Waals surface area contributed by atoms with E-state index in [1.165, 1.54) is 0 Å². The molecule has 90 valence electrons. The molecular formula is C8H7F5N2O. The van der Waals surface area contributed by atoms with Gasteiger partial charge in [0.1, 0.15) is 0 Å². The molecule has 0 aromatic carbocycles. The van der Waals surface area contributed by atoms with Crippen molar-refractivity contribution in [1.82, 2.24) is 4.98 Å². The minimum atomic E-state index is -5.04. The molecule has 0 aliphatic rings. The Hall–Kier alpha value is -1.44. The molecule has 0 atom stereocenters. The molecule has 3 nitrogen and oxygen atoms in total. The van der Waals surface area contributed by atoms with E-state index in [0.29, 0.717) is 6.20 Å². The van der Waals surface area contributed by atoms with Gasteiger partial charge in [0, 0.05) is 0 Å². The predicted octanol–water partition coefficient (Wildman–Crippen LogP) is 2.11. The summed E-state index contributed by atoms with van der Waals surface area (Å²) in [6.07, 6.45) is -7.75. The lowest BCUT2D eigenvalue weighted by atomic mass is 10.0. The van der Waals surface area contributed by atoms with Crippen molar-refractivity contribution in [3.8, 4) is 0 Å². The second kappa shape index (κ2) is 4.20. The molecule has 8 heteroatoms. The number of nitrogens with two attached hydrogens (primary N) is 1. The number of halogens is 5.